The molecule has 0 spiro atoms. The molecule has 158 valence electrons. The summed E-state index contributed by atoms with van der Waals surface area (Å²) in [7, 11) is 0. The number of imide groups is 1. The molecule has 30 heavy (non-hydrogen) atoms. The average molecular weight is 409 g/mol. The highest BCUT2D eigenvalue weighted by atomic mass is 16.6. The largest absolute Gasteiger partial charge is 0.486 e. The summed E-state index contributed by atoms with van der Waals surface area (Å²) in [4.78, 5) is 26.8. The molecule has 2 N–H and O–H groups in total. The van der Waals surface area contributed by atoms with Crippen LogP contribution in [0, 0.1) is 13.8 Å². The van der Waals surface area contributed by atoms with Gasteiger partial charge in [0.2, 0.25) is 5.91 Å². The van der Waals surface area contributed by atoms with Gasteiger partial charge in [0.05, 0.1) is 6.54 Å². The van der Waals surface area contributed by atoms with Gasteiger partial charge in [0.15, 0.2) is 11.5 Å². The molecule has 1 saturated heterocycles. The lowest BCUT2D eigenvalue weighted by Gasteiger charge is -2.26. The Morgan fingerprint density at radius 1 is 1.07 bits per heavy atom. The second-order valence-electron chi connectivity index (χ2n) is 7.85. The third kappa shape index (κ3) is 4.57. The second-order valence-corrected chi connectivity index (χ2v) is 7.85. The third-order valence-electron chi connectivity index (χ3n) is 5.54. The molecule has 7 heteroatoms. The number of amides is 3. The van der Waals surface area contributed by atoms with E-state index in [1.165, 1.54) is 0 Å². The minimum absolute atomic E-state index is 0.119. The summed E-state index contributed by atoms with van der Waals surface area (Å²) in [6, 6.07) is 11.3. The van der Waals surface area contributed by atoms with Gasteiger partial charge in [0, 0.05) is 11.7 Å². The smallest absolute Gasteiger partial charge is 0.325 e. The summed E-state index contributed by atoms with van der Waals surface area (Å²) in [5.74, 6) is 1.19. The molecule has 1 fully saturated rings. The number of urea groups is 1. The lowest BCUT2D eigenvalue weighted by atomic mass is 10.0. The standard InChI is InChI=1S/C23H27N3O4/c1-15-5-7-18(16(2)12-15)24-23(28)25-22(27)14-26-9-3-4-19(26)17-6-8-20-21(13-17)30-11-10-29-20/h5-8,12-13,19H,3-4,9-11,14H2,1-2H3,(H2,24,25,27,28)/t19-/m1/s1. The molecule has 7 nitrogen and oxygen atoms in total. The molecule has 1 atom stereocenters. The van der Waals surface area contributed by atoms with Gasteiger partial charge in [0.1, 0.15) is 13.2 Å². The van der Waals surface area contributed by atoms with Crippen molar-refractivity contribution in [1.82, 2.24) is 10.2 Å². The molecule has 2 aliphatic rings. The van der Waals surface area contributed by atoms with Gasteiger partial charge in [-0.25, -0.2) is 4.79 Å². The summed E-state index contributed by atoms with van der Waals surface area (Å²) < 4.78 is 11.3. The summed E-state index contributed by atoms with van der Waals surface area (Å²) >= 11 is 0. The zero-order chi connectivity index (χ0) is 21.1. The Hall–Kier alpha value is -3.06. The summed E-state index contributed by atoms with van der Waals surface area (Å²) in [6.45, 7) is 6.00. The first-order valence-electron chi connectivity index (χ1n) is 10.3. The Labute approximate surface area is 176 Å². The van der Waals surface area contributed by atoms with Gasteiger partial charge in [-0.1, -0.05) is 23.8 Å². The highest BCUT2D eigenvalue weighted by Gasteiger charge is 2.29. The maximum Gasteiger partial charge on any atom is 0.325 e. The maximum absolute atomic E-state index is 12.5. The predicted octanol–water partition coefficient (Wildman–Crippen LogP) is 3.56. The van der Waals surface area contributed by atoms with Gasteiger partial charge in [-0.05, 0) is 62.6 Å². The molecule has 0 bridgehead atoms. The van der Waals surface area contributed by atoms with Crippen molar-refractivity contribution in [3.63, 3.8) is 0 Å². The average Bonchev–Trinajstić information content (AvgIpc) is 3.17. The topological polar surface area (TPSA) is 79.9 Å². The van der Waals surface area contributed by atoms with E-state index >= 15 is 0 Å². The van der Waals surface area contributed by atoms with E-state index in [-0.39, 0.29) is 18.5 Å². The highest BCUT2D eigenvalue weighted by molar-refractivity contribution is 6.02. The summed E-state index contributed by atoms with van der Waals surface area (Å²) in [5, 5.41) is 5.19. The number of carbonyl (C=O) groups excluding carboxylic acids is 2. The Bertz CT molecular complexity index is 959. The van der Waals surface area contributed by atoms with Crippen LogP contribution in [0.3, 0.4) is 0 Å². The molecule has 2 aliphatic heterocycles. The third-order valence-corrected chi connectivity index (χ3v) is 5.54. The molecule has 2 heterocycles. The van der Waals surface area contributed by atoms with Crippen LogP contribution in [0.2, 0.25) is 0 Å². The Morgan fingerprint density at radius 3 is 2.67 bits per heavy atom. The number of hydrogen-bond acceptors (Lipinski definition) is 5. The minimum atomic E-state index is -0.512. The number of fused-ring (bicyclic) bond motifs is 1. The van der Waals surface area contributed by atoms with E-state index < -0.39 is 6.03 Å². The van der Waals surface area contributed by atoms with Crippen molar-refractivity contribution in [2.24, 2.45) is 0 Å². The van der Waals surface area contributed by atoms with E-state index in [1.807, 2.05) is 50.2 Å². The fourth-order valence-corrected chi connectivity index (χ4v) is 4.12. The Morgan fingerprint density at radius 2 is 1.87 bits per heavy atom. The number of anilines is 1. The summed E-state index contributed by atoms with van der Waals surface area (Å²) in [6.07, 6.45) is 1.96. The van der Waals surface area contributed by atoms with Crippen LogP contribution in [0.1, 0.15) is 35.6 Å². The van der Waals surface area contributed by atoms with Crippen LogP contribution in [-0.2, 0) is 4.79 Å². The molecule has 3 amide bonds. The van der Waals surface area contributed by atoms with Gasteiger partial charge < -0.3 is 14.8 Å². The van der Waals surface area contributed by atoms with Crippen LogP contribution in [-0.4, -0.2) is 43.1 Å². The summed E-state index contributed by atoms with van der Waals surface area (Å²) in [5.41, 5.74) is 3.87. The van der Waals surface area contributed by atoms with Gasteiger partial charge in [-0.15, -0.1) is 0 Å². The number of ether oxygens (including phenoxy) is 2. The van der Waals surface area contributed by atoms with E-state index in [0.29, 0.717) is 18.9 Å². The SMILES string of the molecule is Cc1ccc(NC(=O)NC(=O)CN2CCC[C@@H]2c2ccc3c(c2)OCCO3)c(C)c1. The number of carbonyl (C=O) groups is 2. The molecule has 0 aromatic heterocycles. The molecular formula is C23H27N3O4. The van der Waals surface area contributed by atoms with Gasteiger partial charge in [-0.2, -0.15) is 0 Å². The molecule has 2 aromatic rings. The zero-order valence-electron chi connectivity index (χ0n) is 17.4. The van der Waals surface area contributed by atoms with Gasteiger partial charge in [0.25, 0.3) is 0 Å². The van der Waals surface area contributed by atoms with Crippen LogP contribution in [0.5, 0.6) is 11.5 Å². The number of nitrogens with zero attached hydrogens (tertiary/aromatic N) is 1. The van der Waals surface area contributed by atoms with Crippen LogP contribution in [0.15, 0.2) is 36.4 Å². The lowest BCUT2D eigenvalue weighted by molar-refractivity contribution is -0.121. The van der Waals surface area contributed by atoms with Crippen LogP contribution < -0.4 is 20.1 Å². The van der Waals surface area contributed by atoms with E-state index in [0.717, 1.165) is 47.6 Å². The van der Waals surface area contributed by atoms with Gasteiger partial charge >= 0.3 is 6.03 Å². The second kappa shape index (κ2) is 8.75. The normalized spacial score (nSPS) is 18.1. The fraction of sp³-hybridized carbons (Fsp3) is 0.391. The molecule has 4 rings (SSSR count). The van der Waals surface area contributed by atoms with Crippen LogP contribution >= 0.6 is 0 Å². The van der Waals surface area contributed by atoms with Gasteiger partial charge in [-0.3, -0.25) is 15.0 Å². The Balaban J connectivity index is 1.36. The predicted molar refractivity (Wildman–Crippen MR) is 114 cm³/mol. The molecular weight excluding hydrogens is 382 g/mol. The molecule has 0 unspecified atom stereocenters. The van der Waals surface area contributed by atoms with Crippen molar-refractivity contribution >= 4 is 17.6 Å². The van der Waals surface area contributed by atoms with E-state index in [2.05, 4.69) is 15.5 Å². The van der Waals surface area contributed by atoms with E-state index in [1.54, 1.807) is 0 Å². The molecule has 0 radical (unpaired) electrons. The first kappa shape index (κ1) is 20.2. The van der Waals surface area contributed by atoms with Crippen LogP contribution in [0.4, 0.5) is 10.5 Å². The van der Waals surface area contributed by atoms with Crippen molar-refractivity contribution < 1.29 is 19.1 Å². The quantitative estimate of drug-likeness (QED) is 0.807. The van der Waals surface area contributed by atoms with E-state index in [9.17, 15) is 9.59 Å². The van der Waals surface area contributed by atoms with Crippen molar-refractivity contribution in [1.29, 1.82) is 0 Å². The number of nitrogens with one attached hydrogen (secondary N) is 2. The molecule has 2 aromatic carbocycles. The number of aryl methyl sites for hydroxylation is 2. The first-order chi connectivity index (χ1) is 14.5. The van der Waals surface area contributed by atoms with Crippen molar-refractivity contribution in [2.45, 2.75) is 32.7 Å². The number of likely N-dealkylation sites (tertiary alicyclic amines) is 1. The monoisotopic (exact) mass is 409 g/mol. The van der Waals surface area contributed by atoms with Crippen molar-refractivity contribution in [3.05, 3.63) is 53.1 Å². The van der Waals surface area contributed by atoms with Crippen molar-refractivity contribution in [3.8, 4) is 11.5 Å². The Kier molecular flexibility index (Phi) is 5.90. The van der Waals surface area contributed by atoms with Crippen LogP contribution in [0.25, 0.3) is 0 Å². The minimum Gasteiger partial charge on any atom is -0.486 e. The number of rotatable bonds is 4. The fourth-order valence-electron chi connectivity index (χ4n) is 4.12. The number of benzene rings is 2. The first-order valence-corrected chi connectivity index (χ1v) is 10.3. The highest BCUT2D eigenvalue weighted by Crippen LogP contribution is 2.37. The maximum atomic E-state index is 12.5. The lowest BCUT2D eigenvalue weighted by Crippen LogP contribution is -2.41. The number of hydrogen-bond donors (Lipinski definition) is 2. The molecule has 0 aliphatic carbocycles. The van der Waals surface area contributed by atoms with E-state index in [4.69, 9.17) is 9.47 Å². The molecule has 0 saturated carbocycles. The zero-order valence-corrected chi connectivity index (χ0v) is 17.4. The van der Waals surface area contributed by atoms with Crippen molar-refractivity contribution in [2.75, 3.05) is 31.6 Å².